The Morgan fingerprint density at radius 3 is 2.52 bits per heavy atom. The molecule has 2 rings (SSSR count). The summed E-state index contributed by atoms with van der Waals surface area (Å²) in [6.45, 7) is 3.42. The van der Waals surface area contributed by atoms with E-state index >= 15 is 0 Å². The van der Waals surface area contributed by atoms with Crippen LogP contribution in [0.5, 0.6) is 0 Å². The monoisotopic (exact) mass is 290 g/mol. The smallest absolute Gasteiger partial charge is 0.253 e. The van der Waals surface area contributed by atoms with Crippen molar-refractivity contribution in [3.8, 4) is 0 Å². The van der Waals surface area contributed by atoms with E-state index in [9.17, 15) is 4.79 Å². The van der Waals surface area contributed by atoms with Crippen LogP contribution in [0.2, 0.25) is 0 Å². The van der Waals surface area contributed by atoms with Gasteiger partial charge < -0.3 is 15.0 Å². The first-order chi connectivity index (χ1) is 10.2. The molecule has 0 saturated carbocycles. The molecule has 116 valence electrons. The van der Waals surface area contributed by atoms with Gasteiger partial charge in [-0.1, -0.05) is 12.1 Å². The minimum Gasteiger partial charge on any atom is -0.380 e. The number of likely N-dealkylation sites (tertiary alicyclic amines) is 1. The normalized spacial score (nSPS) is 16.2. The molecule has 21 heavy (non-hydrogen) atoms. The summed E-state index contributed by atoms with van der Waals surface area (Å²) >= 11 is 0. The minimum atomic E-state index is 0.158. The van der Waals surface area contributed by atoms with E-state index in [0.29, 0.717) is 6.61 Å². The molecule has 4 nitrogen and oxygen atoms in total. The maximum absolute atomic E-state index is 12.5. The standard InChI is InChI=1S/C17H26N2O2/c1-18-10-7-14-8-11-19(12-9-14)17(20)16-5-3-15(4-6-16)13-21-2/h3-6,14,18H,7-13H2,1-2H3. The van der Waals surface area contributed by atoms with Gasteiger partial charge in [-0.25, -0.2) is 0 Å². The summed E-state index contributed by atoms with van der Waals surface area (Å²) in [6, 6.07) is 7.75. The van der Waals surface area contributed by atoms with Crippen molar-refractivity contribution in [2.45, 2.75) is 25.9 Å². The van der Waals surface area contributed by atoms with Gasteiger partial charge in [-0.3, -0.25) is 4.79 Å². The number of nitrogens with zero attached hydrogens (tertiary/aromatic N) is 1. The van der Waals surface area contributed by atoms with Crippen LogP contribution in [0.3, 0.4) is 0 Å². The Labute approximate surface area is 127 Å². The van der Waals surface area contributed by atoms with Crippen LogP contribution < -0.4 is 5.32 Å². The lowest BCUT2D eigenvalue weighted by Gasteiger charge is -2.32. The molecule has 0 spiro atoms. The number of rotatable bonds is 6. The Morgan fingerprint density at radius 1 is 1.29 bits per heavy atom. The number of nitrogens with one attached hydrogen (secondary N) is 1. The number of amides is 1. The highest BCUT2D eigenvalue weighted by molar-refractivity contribution is 5.94. The van der Waals surface area contributed by atoms with Gasteiger partial charge in [-0.2, -0.15) is 0 Å². The first-order valence-electron chi connectivity index (χ1n) is 7.76. The van der Waals surface area contributed by atoms with E-state index in [4.69, 9.17) is 4.74 Å². The molecule has 1 aromatic rings. The van der Waals surface area contributed by atoms with Crippen LogP contribution in [-0.2, 0) is 11.3 Å². The van der Waals surface area contributed by atoms with Gasteiger partial charge in [-0.15, -0.1) is 0 Å². The van der Waals surface area contributed by atoms with Crippen molar-refractivity contribution in [1.82, 2.24) is 10.2 Å². The van der Waals surface area contributed by atoms with Crippen molar-refractivity contribution < 1.29 is 9.53 Å². The third kappa shape index (κ3) is 4.55. The number of methoxy groups -OCH3 is 1. The van der Waals surface area contributed by atoms with Gasteiger partial charge in [-0.05, 0) is 56.5 Å². The molecular formula is C17H26N2O2. The van der Waals surface area contributed by atoms with E-state index in [1.807, 2.05) is 36.2 Å². The second kappa shape index (κ2) is 8.15. The highest BCUT2D eigenvalue weighted by Gasteiger charge is 2.23. The summed E-state index contributed by atoms with van der Waals surface area (Å²) in [6.07, 6.45) is 3.45. The fourth-order valence-corrected chi connectivity index (χ4v) is 2.87. The van der Waals surface area contributed by atoms with Crippen LogP contribution in [0.4, 0.5) is 0 Å². The second-order valence-corrected chi connectivity index (χ2v) is 5.76. The van der Waals surface area contributed by atoms with Crippen LogP contribution in [0.25, 0.3) is 0 Å². The maximum Gasteiger partial charge on any atom is 0.253 e. The highest BCUT2D eigenvalue weighted by atomic mass is 16.5. The van der Waals surface area contributed by atoms with Gasteiger partial charge in [0.25, 0.3) is 5.91 Å². The SMILES string of the molecule is CNCCC1CCN(C(=O)c2ccc(COC)cc2)CC1. The molecule has 0 atom stereocenters. The Hall–Kier alpha value is -1.39. The van der Waals surface area contributed by atoms with Crippen LogP contribution >= 0.6 is 0 Å². The van der Waals surface area contributed by atoms with Crippen LogP contribution in [0.15, 0.2) is 24.3 Å². The summed E-state index contributed by atoms with van der Waals surface area (Å²) in [5.41, 5.74) is 1.88. The molecule has 1 N–H and O–H groups in total. The molecule has 1 aliphatic heterocycles. The number of hydrogen-bond acceptors (Lipinski definition) is 3. The van der Waals surface area contributed by atoms with E-state index in [-0.39, 0.29) is 5.91 Å². The fraction of sp³-hybridized carbons (Fsp3) is 0.588. The van der Waals surface area contributed by atoms with Gasteiger partial charge in [0.1, 0.15) is 0 Å². The van der Waals surface area contributed by atoms with Crippen molar-refractivity contribution in [2.24, 2.45) is 5.92 Å². The van der Waals surface area contributed by atoms with Gasteiger partial charge in [0.15, 0.2) is 0 Å². The zero-order valence-electron chi connectivity index (χ0n) is 13.1. The summed E-state index contributed by atoms with van der Waals surface area (Å²) in [7, 11) is 3.67. The lowest BCUT2D eigenvalue weighted by atomic mass is 9.93. The lowest BCUT2D eigenvalue weighted by Crippen LogP contribution is -2.38. The molecule has 0 bridgehead atoms. The number of ether oxygens (including phenoxy) is 1. The summed E-state index contributed by atoms with van der Waals surface area (Å²) in [4.78, 5) is 14.5. The molecule has 0 aromatic heterocycles. The lowest BCUT2D eigenvalue weighted by molar-refractivity contribution is 0.0687. The van der Waals surface area contributed by atoms with Crippen molar-refractivity contribution in [3.05, 3.63) is 35.4 Å². The van der Waals surface area contributed by atoms with Gasteiger partial charge in [0.2, 0.25) is 0 Å². The van der Waals surface area contributed by atoms with Gasteiger partial charge in [0.05, 0.1) is 6.61 Å². The molecule has 0 radical (unpaired) electrons. The third-order valence-electron chi connectivity index (χ3n) is 4.22. The van der Waals surface area contributed by atoms with E-state index < -0.39 is 0 Å². The van der Waals surface area contributed by atoms with Crippen LogP contribution in [-0.4, -0.2) is 44.6 Å². The number of hydrogen-bond donors (Lipinski definition) is 1. The van der Waals surface area contributed by atoms with E-state index in [1.54, 1.807) is 7.11 Å². The molecule has 1 saturated heterocycles. The number of piperidine rings is 1. The zero-order chi connectivity index (χ0) is 15.1. The first-order valence-corrected chi connectivity index (χ1v) is 7.76. The molecule has 0 aliphatic carbocycles. The van der Waals surface area contributed by atoms with E-state index in [1.165, 1.54) is 6.42 Å². The van der Waals surface area contributed by atoms with Crippen molar-refractivity contribution in [2.75, 3.05) is 33.8 Å². The molecule has 1 aliphatic rings. The molecule has 1 heterocycles. The van der Waals surface area contributed by atoms with Crippen molar-refractivity contribution >= 4 is 5.91 Å². The zero-order valence-corrected chi connectivity index (χ0v) is 13.1. The Morgan fingerprint density at radius 2 is 1.95 bits per heavy atom. The molecule has 4 heteroatoms. The topological polar surface area (TPSA) is 41.6 Å². The maximum atomic E-state index is 12.5. The minimum absolute atomic E-state index is 0.158. The van der Waals surface area contributed by atoms with Gasteiger partial charge >= 0.3 is 0 Å². The summed E-state index contributed by atoms with van der Waals surface area (Å²) < 4.78 is 5.09. The summed E-state index contributed by atoms with van der Waals surface area (Å²) in [5.74, 6) is 0.914. The predicted octanol–water partition coefficient (Wildman–Crippen LogP) is 2.29. The number of carbonyl (C=O) groups excluding carboxylic acids is 1. The van der Waals surface area contributed by atoms with E-state index in [2.05, 4.69) is 5.32 Å². The first kappa shape index (κ1) is 16.0. The average Bonchev–Trinajstić information content (AvgIpc) is 2.54. The Bertz CT molecular complexity index is 437. The fourth-order valence-electron chi connectivity index (χ4n) is 2.87. The van der Waals surface area contributed by atoms with Crippen LogP contribution in [0, 0.1) is 5.92 Å². The van der Waals surface area contributed by atoms with Crippen molar-refractivity contribution in [3.63, 3.8) is 0 Å². The highest BCUT2D eigenvalue weighted by Crippen LogP contribution is 2.21. The molecule has 0 unspecified atom stereocenters. The molecule has 1 amide bonds. The second-order valence-electron chi connectivity index (χ2n) is 5.76. The molecular weight excluding hydrogens is 264 g/mol. The quantitative estimate of drug-likeness (QED) is 0.874. The number of carbonyl (C=O) groups is 1. The summed E-state index contributed by atoms with van der Waals surface area (Å²) in [5, 5.41) is 3.20. The van der Waals surface area contributed by atoms with Gasteiger partial charge in [0, 0.05) is 25.8 Å². The van der Waals surface area contributed by atoms with Crippen molar-refractivity contribution in [1.29, 1.82) is 0 Å². The predicted molar refractivity (Wildman–Crippen MR) is 84.3 cm³/mol. The average molecular weight is 290 g/mol. The Kier molecular flexibility index (Phi) is 6.21. The molecule has 1 aromatic carbocycles. The molecule has 1 fully saturated rings. The van der Waals surface area contributed by atoms with Crippen LogP contribution in [0.1, 0.15) is 35.2 Å². The number of benzene rings is 1. The third-order valence-corrected chi connectivity index (χ3v) is 4.22. The largest absolute Gasteiger partial charge is 0.380 e. The Balaban J connectivity index is 1.86. The van der Waals surface area contributed by atoms with E-state index in [0.717, 1.165) is 49.5 Å².